The first-order chi connectivity index (χ1) is 7.59. The smallest absolute Gasteiger partial charge is 0.159 e. The number of benzene rings is 1. The van der Waals surface area contributed by atoms with E-state index in [9.17, 15) is 9.18 Å². The van der Waals surface area contributed by atoms with Crippen LogP contribution in [0.5, 0.6) is 0 Å². The second-order valence-electron chi connectivity index (χ2n) is 3.94. The minimum absolute atomic E-state index is 0.0179. The molecule has 0 fully saturated rings. The molecule has 1 aliphatic heterocycles. The van der Waals surface area contributed by atoms with E-state index >= 15 is 0 Å². The van der Waals surface area contributed by atoms with Gasteiger partial charge in [0, 0.05) is 11.5 Å². The van der Waals surface area contributed by atoms with E-state index in [1.165, 1.54) is 19.1 Å². The molecule has 0 saturated heterocycles. The van der Waals surface area contributed by atoms with Crippen molar-refractivity contribution in [2.24, 2.45) is 0 Å². The highest BCUT2D eigenvalue weighted by Gasteiger charge is 2.29. The zero-order chi connectivity index (χ0) is 11.7. The Labute approximate surface area is 93.7 Å². The summed E-state index contributed by atoms with van der Waals surface area (Å²) in [5.74, 6) is 0.372. The van der Waals surface area contributed by atoms with Gasteiger partial charge in [-0.2, -0.15) is 0 Å². The van der Waals surface area contributed by atoms with Gasteiger partial charge in [-0.25, -0.2) is 4.39 Å². The predicted octanol–water partition coefficient (Wildman–Crippen LogP) is 2.80. The van der Waals surface area contributed by atoms with Gasteiger partial charge in [0.2, 0.25) is 0 Å². The molecule has 1 aliphatic rings. The number of carbonyl (C=O) groups is 1. The van der Waals surface area contributed by atoms with Crippen molar-refractivity contribution in [3.63, 3.8) is 0 Å². The SMILES string of the molecule is CC(=O)C1=C(C)OCC1c1ccc(F)cc1. The van der Waals surface area contributed by atoms with Gasteiger partial charge in [0.25, 0.3) is 0 Å². The molecule has 0 N–H and O–H groups in total. The lowest BCUT2D eigenvalue weighted by Crippen LogP contribution is -2.08. The second-order valence-corrected chi connectivity index (χ2v) is 3.94. The van der Waals surface area contributed by atoms with Crippen LogP contribution < -0.4 is 0 Å². The zero-order valence-corrected chi connectivity index (χ0v) is 9.29. The van der Waals surface area contributed by atoms with Crippen LogP contribution in [-0.4, -0.2) is 12.4 Å². The van der Waals surface area contributed by atoms with Crippen LogP contribution in [0.3, 0.4) is 0 Å². The van der Waals surface area contributed by atoms with Crippen LogP contribution in [0.4, 0.5) is 4.39 Å². The Hall–Kier alpha value is -1.64. The fourth-order valence-electron chi connectivity index (χ4n) is 2.07. The molecular formula is C13H13FO2. The number of carbonyl (C=O) groups excluding carboxylic acids is 1. The largest absolute Gasteiger partial charge is 0.497 e. The highest BCUT2D eigenvalue weighted by Crippen LogP contribution is 2.34. The molecule has 0 spiro atoms. The quantitative estimate of drug-likeness (QED) is 0.766. The molecule has 0 bridgehead atoms. The Kier molecular flexibility index (Phi) is 2.77. The van der Waals surface area contributed by atoms with Gasteiger partial charge < -0.3 is 4.74 Å². The fourth-order valence-corrected chi connectivity index (χ4v) is 2.07. The summed E-state index contributed by atoms with van der Waals surface area (Å²) in [7, 11) is 0. The van der Waals surface area contributed by atoms with E-state index in [1.807, 2.05) is 0 Å². The molecule has 2 nitrogen and oxygen atoms in total. The monoisotopic (exact) mass is 220 g/mol. The third-order valence-corrected chi connectivity index (χ3v) is 2.85. The van der Waals surface area contributed by atoms with Crippen LogP contribution in [0, 0.1) is 5.82 Å². The maximum Gasteiger partial charge on any atom is 0.159 e. The highest BCUT2D eigenvalue weighted by molar-refractivity contribution is 5.95. The van der Waals surface area contributed by atoms with Gasteiger partial charge in [0.05, 0.1) is 6.61 Å². The van der Waals surface area contributed by atoms with Crippen molar-refractivity contribution in [2.45, 2.75) is 19.8 Å². The number of halogens is 1. The molecule has 3 heteroatoms. The van der Waals surface area contributed by atoms with Crippen molar-refractivity contribution in [1.29, 1.82) is 0 Å². The van der Waals surface area contributed by atoms with Crippen molar-refractivity contribution in [1.82, 2.24) is 0 Å². The summed E-state index contributed by atoms with van der Waals surface area (Å²) in [6.45, 7) is 3.79. The number of hydrogen-bond acceptors (Lipinski definition) is 2. The number of Topliss-reactive ketones (excluding diaryl/α,β-unsaturated/α-hetero) is 1. The average Bonchev–Trinajstić information content (AvgIpc) is 2.61. The minimum Gasteiger partial charge on any atom is -0.497 e. The maximum atomic E-state index is 12.8. The molecule has 84 valence electrons. The maximum absolute atomic E-state index is 12.8. The third-order valence-electron chi connectivity index (χ3n) is 2.85. The molecule has 1 aromatic carbocycles. The predicted molar refractivity (Wildman–Crippen MR) is 58.5 cm³/mol. The van der Waals surface area contributed by atoms with Crippen molar-refractivity contribution in [2.75, 3.05) is 6.61 Å². The molecule has 0 aromatic heterocycles. The second kappa shape index (κ2) is 4.08. The van der Waals surface area contributed by atoms with Crippen molar-refractivity contribution < 1.29 is 13.9 Å². The van der Waals surface area contributed by atoms with Crippen molar-refractivity contribution >= 4 is 5.78 Å². The average molecular weight is 220 g/mol. The van der Waals surface area contributed by atoms with E-state index in [2.05, 4.69) is 0 Å². The van der Waals surface area contributed by atoms with Gasteiger partial charge in [-0.15, -0.1) is 0 Å². The fraction of sp³-hybridized carbons (Fsp3) is 0.308. The summed E-state index contributed by atoms with van der Waals surface area (Å²) in [5.41, 5.74) is 1.62. The molecule has 0 saturated carbocycles. The number of ketones is 1. The van der Waals surface area contributed by atoms with Crippen molar-refractivity contribution in [3.8, 4) is 0 Å². The molecule has 1 atom stereocenters. The number of allylic oxidation sites excluding steroid dienone is 1. The van der Waals surface area contributed by atoms with Gasteiger partial charge >= 0.3 is 0 Å². The Bertz CT molecular complexity index is 446. The van der Waals surface area contributed by atoms with Gasteiger partial charge in [-0.05, 0) is 31.5 Å². The lowest BCUT2D eigenvalue weighted by Gasteiger charge is -2.10. The topological polar surface area (TPSA) is 26.3 Å². The molecule has 0 amide bonds. The molecule has 16 heavy (non-hydrogen) atoms. The van der Waals surface area contributed by atoms with E-state index in [0.29, 0.717) is 17.9 Å². The van der Waals surface area contributed by atoms with E-state index < -0.39 is 0 Å². The van der Waals surface area contributed by atoms with Gasteiger partial charge in [0.1, 0.15) is 11.6 Å². The van der Waals surface area contributed by atoms with Crippen LogP contribution in [0.25, 0.3) is 0 Å². The first-order valence-corrected chi connectivity index (χ1v) is 5.19. The molecule has 1 heterocycles. The van der Waals surface area contributed by atoms with Crippen LogP contribution in [0.1, 0.15) is 25.3 Å². The molecule has 1 aromatic rings. The van der Waals surface area contributed by atoms with Gasteiger partial charge in [-0.1, -0.05) is 12.1 Å². The first-order valence-electron chi connectivity index (χ1n) is 5.19. The summed E-state index contributed by atoms with van der Waals surface area (Å²) in [4.78, 5) is 11.5. The summed E-state index contributed by atoms with van der Waals surface area (Å²) in [6, 6.07) is 6.21. The van der Waals surface area contributed by atoms with Crippen LogP contribution in [0.2, 0.25) is 0 Å². The lowest BCUT2D eigenvalue weighted by atomic mass is 9.90. The molecule has 1 unspecified atom stereocenters. The first kappa shape index (κ1) is 10.9. The molecule has 0 aliphatic carbocycles. The summed E-state index contributed by atoms with van der Waals surface area (Å²) in [5, 5.41) is 0. The summed E-state index contributed by atoms with van der Waals surface area (Å²) in [6.07, 6.45) is 0. The highest BCUT2D eigenvalue weighted by atomic mass is 19.1. The van der Waals surface area contributed by atoms with Gasteiger partial charge in [0.15, 0.2) is 5.78 Å². The van der Waals surface area contributed by atoms with Crippen LogP contribution >= 0.6 is 0 Å². The zero-order valence-electron chi connectivity index (χ0n) is 9.29. The number of rotatable bonds is 2. The Morgan fingerprint density at radius 2 is 2.00 bits per heavy atom. The van der Waals surface area contributed by atoms with Crippen LogP contribution in [0.15, 0.2) is 35.6 Å². The van der Waals surface area contributed by atoms with Crippen LogP contribution in [-0.2, 0) is 9.53 Å². The van der Waals surface area contributed by atoms with E-state index in [4.69, 9.17) is 4.74 Å². The lowest BCUT2D eigenvalue weighted by molar-refractivity contribution is -0.113. The molecule has 0 radical (unpaired) electrons. The Morgan fingerprint density at radius 3 is 2.56 bits per heavy atom. The normalized spacial score (nSPS) is 19.8. The Morgan fingerprint density at radius 1 is 1.38 bits per heavy atom. The third kappa shape index (κ3) is 1.85. The summed E-state index contributed by atoms with van der Waals surface area (Å²) < 4.78 is 18.2. The van der Waals surface area contributed by atoms with E-state index in [1.54, 1.807) is 19.1 Å². The molecule has 2 rings (SSSR count). The van der Waals surface area contributed by atoms with Gasteiger partial charge in [-0.3, -0.25) is 4.79 Å². The number of ether oxygens (including phenoxy) is 1. The standard InChI is InChI=1S/C13H13FO2/c1-8(15)13-9(2)16-7-12(13)10-3-5-11(14)6-4-10/h3-6,12H,7H2,1-2H3. The number of hydrogen-bond donors (Lipinski definition) is 0. The summed E-state index contributed by atoms with van der Waals surface area (Å²) >= 11 is 0. The van der Waals surface area contributed by atoms with Crippen molar-refractivity contribution in [3.05, 3.63) is 47.0 Å². The minimum atomic E-state index is -0.271. The van der Waals surface area contributed by atoms with E-state index in [-0.39, 0.29) is 17.5 Å². The molecular weight excluding hydrogens is 207 g/mol. The van der Waals surface area contributed by atoms with E-state index in [0.717, 1.165) is 5.56 Å². The Balaban J connectivity index is 2.36.